The molecule has 9 nitrogen and oxygen atoms in total. The number of nitrogens with zero attached hydrogens (tertiary/aromatic N) is 1. The number of benzene rings is 1. The maximum atomic E-state index is 12.3. The van der Waals surface area contributed by atoms with E-state index in [9.17, 15) is 22.8 Å². The molecule has 2 rings (SSSR count). The number of hydrogen-bond acceptors (Lipinski definition) is 7. The number of methoxy groups -OCH3 is 1. The third kappa shape index (κ3) is 5.69. The third-order valence-electron chi connectivity index (χ3n) is 4.33. The third-order valence-corrected chi connectivity index (χ3v) is 5.94. The highest BCUT2D eigenvalue weighted by Crippen LogP contribution is 2.28. The summed E-state index contributed by atoms with van der Waals surface area (Å²) in [6.45, 7) is 2.86. The van der Waals surface area contributed by atoms with Crippen molar-refractivity contribution in [3.63, 3.8) is 0 Å². The Kier molecular flexibility index (Phi) is 7.00. The standard InChI is InChI=1S/C18H24N2O7S/c1-12(18(23)20-6-8-28(24,25)9-7-20)19-17(22)11-27-15-5-4-14(13(2)21)10-16(15)26-3/h4-5,10,12H,6-9,11H2,1-3H3,(H,19,22). The van der Waals surface area contributed by atoms with Gasteiger partial charge in [-0.2, -0.15) is 0 Å². The first-order chi connectivity index (χ1) is 13.1. The van der Waals surface area contributed by atoms with Crippen LogP contribution in [0.25, 0.3) is 0 Å². The molecule has 0 saturated carbocycles. The van der Waals surface area contributed by atoms with Gasteiger partial charge in [0.2, 0.25) is 5.91 Å². The molecule has 1 heterocycles. The highest BCUT2D eigenvalue weighted by atomic mass is 32.2. The SMILES string of the molecule is COc1cc(C(C)=O)ccc1OCC(=O)NC(C)C(=O)N1CCS(=O)(=O)CC1. The maximum Gasteiger partial charge on any atom is 0.258 e. The van der Waals surface area contributed by atoms with Gasteiger partial charge >= 0.3 is 0 Å². The summed E-state index contributed by atoms with van der Waals surface area (Å²) in [7, 11) is -1.66. The highest BCUT2D eigenvalue weighted by Gasteiger charge is 2.28. The molecule has 1 atom stereocenters. The predicted molar refractivity (Wildman–Crippen MR) is 101 cm³/mol. The molecule has 0 spiro atoms. The van der Waals surface area contributed by atoms with E-state index >= 15 is 0 Å². The summed E-state index contributed by atoms with van der Waals surface area (Å²) in [4.78, 5) is 37.3. The lowest BCUT2D eigenvalue weighted by atomic mass is 10.1. The number of sulfone groups is 1. The van der Waals surface area contributed by atoms with Crippen LogP contribution in [-0.2, 0) is 19.4 Å². The van der Waals surface area contributed by atoms with Gasteiger partial charge in [0.15, 0.2) is 33.7 Å². The van der Waals surface area contributed by atoms with Gasteiger partial charge in [-0.3, -0.25) is 14.4 Å². The second-order valence-electron chi connectivity index (χ2n) is 6.48. The predicted octanol–water partition coefficient (Wildman–Crippen LogP) is 0.0383. The molecule has 28 heavy (non-hydrogen) atoms. The second-order valence-corrected chi connectivity index (χ2v) is 8.78. The molecule has 1 N–H and O–H groups in total. The molecule has 1 saturated heterocycles. The van der Waals surface area contributed by atoms with Crippen LogP contribution in [-0.4, -0.2) is 75.3 Å². The lowest BCUT2D eigenvalue weighted by Gasteiger charge is -2.29. The van der Waals surface area contributed by atoms with E-state index in [0.717, 1.165) is 0 Å². The van der Waals surface area contributed by atoms with E-state index in [1.807, 2.05) is 0 Å². The van der Waals surface area contributed by atoms with E-state index in [1.54, 1.807) is 6.07 Å². The summed E-state index contributed by atoms with van der Waals surface area (Å²) in [5.74, 6) is -0.505. The number of nitrogens with one attached hydrogen (secondary N) is 1. The summed E-state index contributed by atoms with van der Waals surface area (Å²) in [5.41, 5.74) is 0.455. The zero-order chi connectivity index (χ0) is 20.9. The van der Waals surface area contributed by atoms with Crippen molar-refractivity contribution in [3.05, 3.63) is 23.8 Å². The average molecular weight is 412 g/mol. The van der Waals surface area contributed by atoms with Crippen LogP contribution in [0.3, 0.4) is 0 Å². The van der Waals surface area contributed by atoms with Crippen LogP contribution in [0, 0.1) is 0 Å². The molecule has 1 aliphatic rings. The monoisotopic (exact) mass is 412 g/mol. The van der Waals surface area contributed by atoms with Crippen molar-refractivity contribution < 1.29 is 32.3 Å². The minimum Gasteiger partial charge on any atom is -0.493 e. The van der Waals surface area contributed by atoms with E-state index in [2.05, 4.69) is 5.32 Å². The Bertz CT molecular complexity index is 853. The van der Waals surface area contributed by atoms with Crippen molar-refractivity contribution in [1.29, 1.82) is 0 Å². The van der Waals surface area contributed by atoms with E-state index < -0.39 is 21.8 Å². The van der Waals surface area contributed by atoms with Crippen molar-refractivity contribution in [2.24, 2.45) is 0 Å². The molecule has 0 aliphatic carbocycles. The maximum absolute atomic E-state index is 12.3. The minimum atomic E-state index is -3.09. The first-order valence-corrected chi connectivity index (χ1v) is 10.6. The van der Waals surface area contributed by atoms with Gasteiger partial charge in [-0.05, 0) is 32.0 Å². The van der Waals surface area contributed by atoms with Crippen molar-refractivity contribution in [1.82, 2.24) is 10.2 Å². The Morgan fingerprint density at radius 1 is 1.18 bits per heavy atom. The Labute approximate surface area is 163 Å². The van der Waals surface area contributed by atoms with Crippen LogP contribution in [0.15, 0.2) is 18.2 Å². The summed E-state index contributed by atoms with van der Waals surface area (Å²) >= 11 is 0. The van der Waals surface area contributed by atoms with E-state index in [4.69, 9.17) is 9.47 Å². The average Bonchev–Trinajstić information content (AvgIpc) is 2.65. The zero-order valence-corrected chi connectivity index (χ0v) is 16.9. The van der Waals surface area contributed by atoms with Gasteiger partial charge < -0.3 is 19.7 Å². The minimum absolute atomic E-state index is 0.0709. The largest absolute Gasteiger partial charge is 0.493 e. The molecule has 1 aromatic carbocycles. The van der Waals surface area contributed by atoms with E-state index in [1.165, 1.54) is 38.0 Å². The Morgan fingerprint density at radius 3 is 2.39 bits per heavy atom. The molecule has 1 fully saturated rings. The van der Waals surface area contributed by atoms with E-state index in [-0.39, 0.29) is 42.9 Å². The van der Waals surface area contributed by atoms with Gasteiger partial charge in [-0.25, -0.2) is 8.42 Å². The number of carbonyl (C=O) groups is 3. The lowest BCUT2D eigenvalue weighted by Crippen LogP contribution is -2.52. The first-order valence-electron chi connectivity index (χ1n) is 8.73. The lowest BCUT2D eigenvalue weighted by molar-refractivity contribution is -0.136. The van der Waals surface area contributed by atoms with Crippen LogP contribution in [0.5, 0.6) is 11.5 Å². The number of hydrogen-bond donors (Lipinski definition) is 1. The van der Waals surface area contributed by atoms with Gasteiger partial charge in [0.25, 0.3) is 5.91 Å². The fraction of sp³-hybridized carbons (Fsp3) is 0.500. The summed E-state index contributed by atoms with van der Waals surface area (Å²) in [5, 5.41) is 2.54. The molecule has 0 radical (unpaired) electrons. The molecule has 0 bridgehead atoms. The van der Waals surface area contributed by atoms with Crippen molar-refractivity contribution in [3.8, 4) is 11.5 Å². The highest BCUT2D eigenvalue weighted by molar-refractivity contribution is 7.91. The molecule has 1 aromatic rings. The van der Waals surface area contributed by atoms with Gasteiger partial charge in [0.05, 0.1) is 18.6 Å². The quantitative estimate of drug-likeness (QED) is 0.628. The van der Waals surface area contributed by atoms with Gasteiger partial charge in [0, 0.05) is 18.7 Å². The Morgan fingerprint density at radius 2 is 1.82 bits per heavy atom. The summed E-state index contributed by atoms with van der Waals surface area (Å²) in [6.07, 6.45) is 0. The van der Waals surface area contributed by atoms with Gasteiger partial charge in [0.1, 0.15) is 6.04 Å². The normalized spacial score (nSPS) is 16.8. The molecule has 1 aliphatic heterocycles. The van der Waals surface area contributed by atoms with Crippen molar-refractivity contribution in [2.75, 3.05) is 38.3 Å². The van der Waals surface area contributed by atoms with Crippen LogP contribution < -0.4 is 14.8 Å². The van der Waals surface area contributed by atoms with Gasteiger partial charge in [-0.15, -0.1) is 0 Å². The smallest absolute Gasteiger partial charge is 0.258 e. The number of carbonyl (C=O) groups excluding carboxylic acids is 3. The van der Waals surface area contributed by atoms with E-state index in [0.29, 0.717) is 17.1 Å². The number of Topliss-reactive ketones (excluding diaryl/α,β-unsaturated/α-hetero) is 1. The second kappa shape index (κ2) is 9.05. The van der Waals surface area contributed by atoms with Crippen molar-refractivity contribution >= 4 is 27.4 Å². The number of amides is 2. The molecule has 154 valence electrons. The zero-order valence-electron chi connectivity index (χ0n) is 16.1. The topological polar surface area (TPSA) is 119 Å². The Hall–Kier alpha value is -2.62. The molecular formula is C18H24N2O7S. The fourth-order valence-electron chi connectivity index (χ4n) is 2.70. The Balaban J connectivity index is 1.88. The molecule has 1 unspecified atom stereocenters. The first kappa shape index (κ1) is 21.7. The van der Waals surface area contributed by atoms with Crippen molar-refractivity contribution in [2.45, 2.75) is 19.9 Å². The van der Waals surface area contributed by atoms with Crippen LogP contribution in [0.1, 0.15) is 24.2 Å². The summed E-state index contributed by atoms with van der Waals surface area (Å²) in [6, 6.07) is 3.81. The summed E-state index contributed by atoms with van der Waals surface area (Å²) < 4.78 is 33.5. The molecule has 10 heteroatoms. The van der Waals surface area contributed by atoms with Crippen LogP contribution >= 0.6 is 0 Å². The van der Waals surface area contributed by atoms with Crippen LogP contribution in [0.2, 0.25) is 0 Å². The fourth-order valence-corrected chi connectivity index (χ4v) is 3.90. The number of ketones is 1. The molecule has 0 aromatic heterocycles. The van der Waals surface area contributed by atoms with Crippen LogP contribution in [0.4, 0.5) is 0 Å². The van der Waals surface area contributed by atoms with Gasteiger partial charge in [-0.1, -0.05) is 0 Å². The molecular weight excluding hydrogens is 388 g/mol. The number of rotatable bonds is 7. The number of ether oxygens (including phenoxy) is 2. The molecule has 2 amide bonds.